The first kappa shape index (κ1) is 14.8. The van der Waals surface area contributed by atoms with Gasteiger partial charge >= 0.3 is 0 Å². The zero-order valence-electron chi connectivity index (χ0n) is 12.5. The highest BCUT2D eigenvalue weighted by Crippen LogP contribution is 2.20. The lowest BCUT2D eigenvalue weighted by atomic mass is 9.90. The van der Waals surface area contributed by atoms with Gasteiger partial charge in [-0.1, -0.05) is 6.92 Å². The average molecular weight is 267 g/mol. The van der Waals surface area contributed by atoms with Gasteiger partial charge in [-0.15, -0.1) is 0 Å². The number of carbonyl (C=O) groups excluding carboxylic acids is 1. The highest BCUT2D eigenvalue weighted by atomic mass is 16.1. The third kappa shape index (κ3) is 5.11. The van der Waals surface area contributed by atoms with Crippen molar-refractivity contribution in [2.45, 2.75) is 58.0 Å². The van der Waals surface area contributed by atoms with Crippen molar-refractivity contribution >= 4 is 5.91 Å². The van der Waals surface area contributed by atoms with E-state index in [1.54, 1.807) is 0 Å². The van der Waals surface area contributed by atoms with E-state index in [0.717, 1.165) is 12.5 Å². The van der Waals surface area contributed by atoms with E-state index in [1.165, 1.54) is 45.3 Å². The van der Waals surface area contributed by atoms with E-state index >= 15 is 0 Å². The lowest BCUT2D eigenvalue weighted by molar-refractivity contribution is -0.121. The average Bonchev–Trinajstić information content (AvgIpc) is 3.22. The van der Waals surface area contributed by atoms with E-state index in [0.29, 0.717) is 18.5 Å². The minimum atomic E-state index is 0.211. The van der Waals surface area contributed by atoms with Crippen LogP contribution in [0.5, 0.6) is 0 Å². The Morgan fingerprint density at radius 2 is 1.95 bits per heavy atom. The minimum absolute atomic E-state index is 0.211. The van der Waals surface area contributed by atoms with E-state index in [-0.39, 0.29) is 5.91 Å². The lowest BCUT2D eigenvalue weighted by Crippen LogP contribution is -2.42. The Hall–Kier alpha value is -0.610. The molecule has 19 heavy (non-hydrogen) atoms. The number of rotatable bonds is 7. The molecular formula is C15H29N3O. The van der Waals surface area contributed by atoms with E-state index in [9.17, 15) is 4.79 Å². The van der Waals surface area contributed by atoms with E-state index in [4.69, 9.17) is 0 Å². The molecule has 1 atom stereocenters. The van der Waals surface area contributed by atoms with Crippen LogP contribution in [0.3, 0.4) is 0 Å². The SMILES string of the molecule is CCN1CCC(C(C)NCCC(=O)NC2CC2)CC1. The molecule has 0 aromatic carbocycles. The van der Waals surface area contributed by atoms with Crippen LogP contribution in [-0.4, -0.2) is 49.1 Å². The predicted octanol–water partition coefficient (Wildman–Crippen LogP) is 1.37. The van der Waals surface area contributed by atoms with Gasteiger partial charge in [-0.25, -0.2) is 0 Å². The number of hydrogen-bond acceptors (Lipinski definition) is 3. The summed E-state index contributed by atoms with van der Waals surface area (Å²) in [5.41, 5.74) is 0. The minimum Gasteiger partial charge on any atom is -0.353 e. The second kappa shape index (κ2) is 7.25. The summed E-state index contributed by atoms with van der Waals surface area (Å²) in [6.07, 6.45) is 5.54. The monoisotopic (exact) mass is 267 g/mol. The Kier molecular flexibility index (Phi) is 5.64. The van der Waals surface area contributed by atoms with Crippen LogP contribution >= 0.6 is 0 Å². The molecule has 0 spiro atoms. The van der Waals surface area contributed by atoms with Crippen LogP contribution in [0.1, 0.15) is 46.0 Å². The molecule has 1 saturated carbocycles. The maximum absolute atomic E-state index is 11.6. The van der Waals surface area contributed by atoms with Crippen LogP contribution in [0.2, 0.25) is 0 Å². The highest BCUT2D eigenvalue weighted by molar-refractivity contribution is 5.76. The van der Waals surface area contributed by atoms with E-state index < -0.39 is 0 Å². The molecule has 4 heteroatoms. The Morgan fingerprint density at radius 3 is 2.53 bits per heavy atom. The van der Waals surface area contributed by atoms with Gasteiger partial charge in [0.25, 0.3) is 0 Å². The maximum Gasteiger partial charge on any atom is 0.221 e. The molecule has 1 heterocycles. The fourth-order valence-corrected chi connectivity index (χ4v) is 2.88. The second-order valence-electron chi connectivity index (χ2n) is 6.11. The molecule has 110 valence electrons. The molecule has 2 fully saturated rings. The predicted molar refractivity (Wildman–Crippen MR) is 78.1 cm³/mol. The largest absolute Gasteiger partial charge is 0.353 e. The third-order valence-corrected chi connectivity index (χ3v) is 4.55. The molecule has 1 saturated heterocycles. The smallest absolute Gasteiger partial charge is 0.221 e. The molecule has 0 bridgehead atoms. The Labute approximate surface area is 117 Å². The first-order valence-corrected chi connectivity index (χ1v) is 7.94. The van der Waals surface area contributed by atoms with Crippen molar-refractivity contribution in [3.63, 3.8) is 0 Å². The summed E-state index contributed by atoms with van der Waals surface area (Å²) in [4.78, 5) is 14.1. The van der Waals surface area contributed by atoms with Gasteiger partial charge in [-0.2, -0.15) is 0 Å². The van der Waals surface area contributed by atoms with Crippen LogP contribution in [-0.2, 0) is 4.79 Å². The number of carbonyl (C=O) groups is 1. The molecule has 0 aromatic rings. The zero-order valence-corrected chi connectivity index (χ0v) is 12.5. The zero-order chi connectivity index (χ0) is 13.7. The van der Waals surface area contributed by atoms with E-state index in [1.807, 2.05) is 0 Å². The molecule has 1 unspecified atom stereocenters. The number of nitrogens with one attached hydrogen (secondary N) is 2. The fraction of sp³-hybridized carbons (Fsp3) is 0.933. The lowest BCUT2D eigenvalue weighted by Gasteiger charge is -2.34. The van der Waals surface area contributed by atoms with Crippen LogP contribution in [0.15, 0.2) is 0 Å². The van der Waals surface area contributed by atoms with Crippen LogP contribution in [0.25, 0.3) is 0 Å². The number of piperidine rings is 1. The molecule has 1 aliphatic heterocycles. The highest BCUT2D eigenvalue weighted by Gasteiger charge is 2.24. The molecule has 1 amide bonds. The summed E-state index contributed by atoms with van der Waals surface area (Å²) in [5.74, 6) is 0.984. The summed E-state index contributed by atoms with van der Waals surface area (Å²) in [6, 6.07) is 1.02. The number of hydrogen-bond donors (Lipinski definition) is 2. The normalized spacial score (nSPS) is 23.3. The third-order valence-electron chi connectivity index (χ3n) is 4.55. The van der Waals surface area contributed by atoms with Gasteiger partial charge in [-0.3, -0.25) is 4.79 Å². The molecule has 0 radical (unpaired) electrons. The van der Waals surface area contributed by atoms with E-state index in [2.05, 4.69) is 29.4 Å². The molecule has 1 aliphatic carbocycles. The van der Waals surface area contributed by atoms with Gasteiger partial charge in [0.2, 0.25) is 5.91 Å². The van der Waals surface area contributed by atoms with Crippen molar-refractivity contribution < 1.29 is 4.79 Å². The maximum atomic E-state index is 11.6. The van der Waals surface area contributed by atoms with Crippen LogP contribution in [0, 0.1) is 5.92 Å². The van der Waals surface area contributed by atoms with Crippen molar-refractivity contribution in [1.29, 1.82) is 0 Å². The molecule has 2 rings (SSSR count). The molecule has 2 aliphatic rings. The summed E-state index contributed by atoms with van der Waals surface area (Å²) in [6.45, 7) is 8.96. The van der Waals surface area contributed by atoms with Crippen molar-refractivity contribution in [2.24, 2.45) is 5.92 Å². The number of amides is 1. The van der Waals surface area contributed by atoms with Crippen molar-refractivity contribution in [2.75, 3.05) is 26.2 Å². The first-order chi connectivity index (χ1) is 9.19. The quantitative estimate of drug-likeness (QED) is 0.732. The number of nitrogens with zero attached hydrogens (tertiary/aromatic N) is 1. The van der Waals surface area contributed by atoms with Gasteiger partial charge in [0.15, 0.2) is 0 Å². The van der Waals surface area contributed by atoms with Crippen molar-refractivity contribution in [1.82, 2.24) is 15.5 Å². The summed E-state index contributed by atoms with van der Waals surface area (Å²) in [5, 5.41) is 6.57. The summed E-state index contributed by atoms with van der Waals surface area (Å²) in [7, 11) is 0. The van der Waals surface area contributed by atoms with Gasteiger partial charge in [0, 0.05) is 25.0 Å². The molecule has 2 N–H and O–H groups in total. The number of likely N-dealkylation sites (tertiary alicyclic amines) is 1. The van der Waals surface area contributed by atoms with Crippen LogP contribution < -0.4 is 10.6 Å². The van der Waals surface area contributed by atoms with Gasteiger partial charge in [0.05, 0.1) is 0 Å². The van der Waals surface area contributed by atoms with Gasteiger partial charge < -0.3 is 15.5 Å². The summed E-state index contributed by atoms with van der Waals surface area (Å²) < 4.78 is 0. The van der Waals surface area contributed by atoms with Crippen LogP contribution in [0.4, 0.5) is 0 Å². The Bertz CT molecular complexity index is 283. The first-order valence-electron chi connectivity index (χ1n) is 7.94. The second-order valence-corrected chi connectivity index (χ2v) is 6.11. The fourth-order valence-electron chi connectivity index (χ4n) is 2.88. The standard InChI is InChI=1S/C15H29N3O/c1-3-18-10-7-13(8-11-18)12(2)16-9-6-15(19)17-14-4-5-14/h12-14,16H,3-11H2,1-2H3,(H,17,19). The summed E-state index contributed by atoms with van der Waals surface area (Å²) >= 11 is 0. The Balaban J connectivity index is 1.56. The topological polar surface area (TPSA) is 44.4 Å². The van der Waals surface area contributed by atoms with Gasteiger partial charge in [-0.05, 0) is 58.2 Å². The Morgan fingerprint density at radius 1 is 1.26 bits per heavy atom. The van der Waals surface area contributed by atoms with Crippen molar-refractivity contribution in [3.05, 3.63) is 0 Å². The van der Waals surface area contributed by atoms with Crippen molar-refractivity contribution in [3.8, 4) is 0 Å². The molecule has 4 nitrogen and oxygen atoms in total. The molecule has 0 aromatic heterocycles. The molecular weight excluding hydrogens is 238 g/mol. The van der Waals surface area contributed by atoms with Gasteiger partial charge in [0.1, 0.15) is 0 Å².